The van der Waals surface area contributed by atoms with E-state index in [1.165, 1.54) is 24.8 Å². The van der Waals surface area contributed by atoms with Gasteiger partial charge in [-0.05, 0) is 25.5 Å². The van der Waals surface area contributed by atoms with Crippen molar-refractivity contribution in [2.75, 3.05) is 7.05 Å². The monoisotopic (exact) mass is 204 g/mol. The molecule has 2 rings (SSSR count). The van der Waals surface area contributed by atoms with E-state index in [1.54, 1.807) is 0 Å². The summed E-state index contributed by atoms with van der Waals surface area (Å²) in [5.74, 6) is 0. The Morgan fingerprint density at radius 1 is 1.13 bits per heavy atom. The highest BCUT2D eigenvalue weighted by molar-refractivity contribution is 5.14. The van der Waals surface area contributed by atoms with E-state index in [0.717, 1.165) is 6.54 Å². The third-order valence-electron chi connectivity index (χ3n) is 3.30. The van der Waals surface area contributed by atoms with E-state index in [9.17, 15) is 0 Å². The molecule has 0 heterocycles. The molecule has 1 fully saturated rings. The second-order valence-electron chi connectivity index (χ2n) is 4.30. The molecule has 0 aliphatic heterocycles. The molecule has 0 bridgehead atoms. The highest BCUT2D eigenvalue weighted by Crippen LogP contribution is 2.19. The second-order valence-corrected chi connectivity index (χ2v) is 4.30. The first-order valence-electron chi connectivity index (χ1n) is 5.84. The first-order chi connectivity index (χ1) is 7.40. The molecule has 0 radical (unpaired) electrons. The Labute approximate surface area is 92.1 Å². The van der Waals surface area contributed by atoms with Crippen molar-refractivity contribution in [2.24, 2.45) is 0 Å². The van der Waals surface area contributed by atoms with E-state index in [-0.39, 0.29) is 0 Å². The molecular formula is C13H20N2. The van der Waals surface area contributed by atoms with Crippen LogP contribution in [0.2, 0.25) is 0 Å². The third kappa shape index (κ3) is 2.80. The van der Waals surface area contributed by atoms with Crippen molar-refractivity contribution in [3.8, 4) is 0 Å². The van der Waals surface area contributed by atoms with E-state index < -0.39 is 0 Å². The highest BCUT2D eigenvalue weighted by atomic mass is 15.0. The summed E-state index contributed by atoms with van der Waals surface area (Å²) < 4.78 is 0. The van der Waals surface area contributed by atoms with Gasteiger partial charge in [0.05, 0.1) is 0 Å². The van der Waals surface area contributed by atoms with Crippen molar-refractivity contribution >= 4 is 0 Å². The summed E-state index contributed by atoms with van der Waals surface area (Å²) in [6, 6.07) is 11.9. The van der Waals surface area contributed by atoms with Crippen LogP contribution in [0.5, 0.6) is 0 Å². The molecule has 1 aliphatic rings. The van der Waals surface area contributed by atoms with E-state index in [0.29, 0.717) is 12.1 Å². The molecule has 1 aromatic carbocycles. The average molecular weight is 204 g/mol. The number of likely N-dealkylation sites (N-methyl/N-ethyl adjacent to an activating group) is 1. The Balaban J connectivity index is 1.83. The zero-order valence-electron chi connectivity index (χ0n) is 9.37. The van der Waals surface area contributed by atoms with Crippen molar-refractivity contribution in [1.29, 1.82) is 0 Å². The quantitative estimate of drug-likeness (QED) is 0.783. The minimum atomic E-state index is 0.648. The lowest BCUT2D eigenvalue weighted by atomic mass is 10.1. The molecule has 0 unspecified atom stereocenters. The van der Waals surface area contributed by atoms with E-state index in [1.807, 2.05) is 0 Å². The van der Waals surface area contributed by atoms with E-state index in [2.05, 4.69) is 48.0 Å². The molecule has 2 heteroatoms. The average Bonchev–Trinajstić information content (AvgIpc) is 2.75. The van der Waals surface area contributed by atoms with Gasteiger partial charge in [-0.25, -0.2) is 0 Å². The largest absolute Gasteiger partial charge is 0.315 e. The number of benzene rings is 1. The maximum atomic E-state index is 3.64. The molecule has 1 saturated carbocycles. The Morgan fingerprint density at radius 3 is 2.60 bits per heavy atom. The number of nitrogens with one attached hydrogen (secondary N) is 2. The standard InChI is InChI=1S/C13H20N2/c1-14-12-8-5-9-13(12)15-10-11-6-3-2-4-7-11/h2-4,6-7,12-15H,5,8-10H2,1H3/t12-,13-/m0/s1. The molecule has 2 N–H and O–H groups in total. The van der Waals surface area contributed by atoms with Gasteiger partial charge in [0.15, 0.2) is 0 Å². The maximum Gasteiger partial charge on any atom is 0.0224 e. The lowest BCUT2D eigenvalue weighted by molar-refractivity contribution is 0.430. The number of hydrogen-bond acceptors (Lipinski definition) is 2. The van der Waals surface area contributed by atoms with Gasteiger partial charge in [0.2, 0.25) is 0 Å². The van der Waals surface area contributed by atoms with Crippen LogP contribution in [0, 0.1) is 0 Å². The van der Waals surface area contributed by atoms with Gasteiger partial charge < -0.3 is 10.6 Å². The smallest absolute Gasteiger partial charge is 0.0224 e. The molecule has 2 nitrogen and oxygen atoms in total. The summed E-state index contributed by atoms with van der Waals surface area (Å²) in [4.78, 5) is 0. The van der Waals surface area contributed by atoms with Gasteiger partial charge >= 0.3 is 0 Å². The highest BCUT2D eigenvalue weighted by Gasteiger charge is 2.24. The van der Waals surface area contributed by atoms with Crippen molar-refractivity contribution in [1.82, 2.24) is 10.6 Å². The fourth-order valence-corrected chi connectivity index (χ4v) is 2.39. The van der Waals surface area contributed by atoms with Gasteiger partial charge in [0, 0.05) is 18.6 Å². The van der Waals surface area contributed by atoms with Crippen LogP contribution in [0.1, 0.15) is 24.8 Å². The number of rotatable bonds is 4. The van der Waals surface area contributed by atoms with Crippen LogP contribution >= 0.6 is 0 Å². The molecule has 0 spiro atoms. The summed E-state index contributed by atoms with van der Waals surface area (Å²) in [7, 11) is 2.06. The summed E-state index contributed by atoms with van der Waals surface area (Å²) in [6.45, 7) is 0.990. The van der Waals surface area contributed by atoms with E-state index in [4.69, 9.17) is 0 Å². The van der Waals surface area contributed by atoms with Crippen molar-refractivity contribution in [3.63, 3.8) is 0 Å². The van der Waals surface area contributed by atoms with Gasteiger partial charge in [-0.3, -0.25) is 0 Å². The molecule has 15 heavy (non-hydrogen) atoms. The fraction of sp³-hybridized carbons (Fsp3) is 0.538. The Morgan fingerprint density at radius 2 is 1.87 bits per heavy atom. The van der Waals surface area contributed by atoms with Crippen LogP contribution in [-0.4, -0.2) is 19.1 Å². The van der Waals surface area contributed by atoms with Gasteiger partial charge in [0.1, 0.15) is 0 Å². The molecule has 0 amide bonds. The molecule has 0 aromatic heterocycles. The maximum absolute atomic E-state index is 3.64. The first-order valence-corrected chi connectivity index (χ1v) is 5.84. The topological polar surface area (TPSA) is 24.1 Å². The Kier molecular flexibility index (Phi) is 3.75. The first kappa shape index (κ1) is 10.7. The Hall–Kier alpha value is -0.860. The molecule has 2 atom stereocenters. The summed E-state index contributed by atoms with van der Waals surface area (Å²) in [5.41, 5.74) is 1.37. The van der Waals surface area contributed by atoms with Crippen LogP contribution in [0.25, 0.3) is 0 Å². The van der Waals surface area contributed by atoms with Gasteiger partial charge in [-0.15, -0.1) is 0 Å². The van der Waals surface area contributed by atoms with Crippen LogP contribution < -0.4 is 10.6 Å². The van der Waals surface area contributed by atoms with Gasteiger partial charge in [-0.2, -0.15) is 0 Å². The third-order valence-corrected chi connectivity index (χ3v) is 3.30. The normalized spacial score (nSPS) is 25.7. The zero-order valence-corrected chi connectivity index (χ0v) is 9.37. The minimum absolute atomic E-state index is 0.648. The number of hydrogen-bond donors (Lipinski definition) is 2. The summed E-state index contributed by atoms with van der Waals surface area (Å²) >= 11 is 0. The van der Waals surface area contributed by atoms with Crippen LogP contribution in [-0.2, 0) is 6.54 Å². The molecule has 1 aliphatic carbocycles. The van der Waals surface area contributed by atoms with Gasteiger partial charge in [0.25, 0.3) is 0 Å². The van der Waals surface area contributed by atoms with Gasteiger partial charge in [-0.1, -0.05) is 36.8 Å². The second kappa shape index (κ2) is 5.29. The molecule has 0 saturated heterocycles. The predicted molar refractivity (Wildman–Crippen MR) is 63.8 cm³/mol. The fourth-order valence-electron chi connectivity index (χ4n) is 2.39. The molecular weight excluding hydrogens is 184 g/mol. The minimum Gasteiger partial charge on any atom is -0.315 e. The zero-order chi connectivity index (χ0) is 10.5. The molecule has 1 aromatic rings. The summed E-state index contributed by atoms with van der Waals surface area (Å²) in [6.07, 6.45) is 3.96. The summed E-state index contributed by atoms with van der Waals surface area (Å²) in [5, 5.41) is 7.02. The van der Waals surface area contributed by atoms with Crippen molar-refractivity contribution < 1.29 is 0 Å². The lowest BCUT2D eigenvalue weighted by Crippen LogP contribution is -2.42. The van der Waals surface area contributed by atoms with Crippen LogP contribution in [0.3, 0.4) is 0 Å². The predicted octanol–water partition coefficient (Wildman–Crippen LogP) is 1.92. The SMILES string of the molecule is CN[C@H]1CCC[C@@H]1NCc1ccccc1. The lowest BCUT2D eigenvalue weighted by Gasteiger charge is -2.20. The van der Waals surface area contributed by atoms with E-state index >= 15 is 0 Å². The van der Waals surface area contributed by atoms with Crippen LogP contribution in [0.15, 0.2) is 30.3 Å². The van der Waals surface area contributed by atoms with Crippen molar-refractivity contribution in [2.45, 2.75) is 37.9 Å². The van der Waals surface area contributed by atoms with Crippen LogP contribution in [0.4, 0.5) is 0 Å². The Bertz CT molecular complexity index is 284. The molecule has 82 valence electrons. The van der Waals surface area contributed by atoms with Crippen molar-refractivity contribution in [3.05, 3.63) is 35.9 Å².